The Balaban J connectivity index is 1.53. The molecule has 2 N–H and O–H groups in total. The molecule has 0 fully saturated rings. The summed E-state index contributed by atoms with van der Waals surface area (Å²) in [4.78, 5) is 11.7. The fourth-order valence-electron chi connectivity index (χ4n) is 5.44. The van der Waals surface area contributed by atoms with Crippen LogP contribution in [0.1, 0.15) is 84.3 Å². The largest absolute Gasteiger partial charge is 0.478 e. The molecule has 0 amide bonds. The van der Waals surface area contributed by atoms with Crippen LogP contribution in [0.2, 0.25) is 0 Å². The second-order valence-corrected chi connectivity index (χ2v) is 11.7. The quantitative estimate of drug-likeness (QED) is 0.193. The van der Waals surface area contributed by atoms with Crippen LogP contribution in [0, 0.1) is 12.8 Å². The smallest absolute Gasteiger partial charge is 0.336 e. The summed E-state index contributed by atoms with van der Waals surface area (Å²) >= 11 is 0. The summed E-state index contributed by atoms with van der Waals surface area (Å²) in [5.74, 6) is -0.167. The standard InChI is InChI=1S/C39H43NO2/c1-25(2)28(5)38-23-33(30(7)40-24-34-13-9-8-12-26(34)3)20-21-35(38)29(6)27(4)22-31-16-18-32(19-17-31)36-14-10-11-15-37(36)39(41)42/h8-21,23,27,29,40H,7,22,24H2,1-6H3,(H,41,42). The van der Waals surface area contributed by atoms with Gasteiger partial charge in [0.25, 0.3) is 0 Å². The molecule has 0 heterocycles. The number of aromatic carboxylic acids is 1. The maximum Gasteiger partial charge on any atom is 0.336 e. The average molecular weight is 558 g/mol. The second-order valence-electron chi connectivity index (χ2n) is 11.7. The van der Waals surface area contributed by atoms with Crippen LogP contribution in [0.4, 0.5) is 0 Å². The summed E-state index contributed by atoms with van der Waals surface area (Å²) < 4.78 is 0. The maximum atomic E-state index is 11.7. The zero-order valence-electron chi connectivity index (χ0n) is 25.8. The van der Waals surface area contributed by atoms with E-state index in [-0.39, 0.29) is 0 Å². The van der Waals surface area contributed by atoms with Gasteiger partial charge in [0, 0.05) is 12.2 Å². The Kier molecular flexibility index (Phi) is 9.85. The monoisotopic (exact) mass is 557 g/mol. The summed E-state index contributed by atoms with van der Waals surface area (Å²) in [5.41, 5.74) is 13.1. The number of aryl methyl sites for hydroxylation is 1. The molecule has 0 radical (unpaired) electrons. The summed E-state index contributed by atoms with van der Waals surface area (Å²) in [5, 5.41) is 13.1. The van der Waals surface area contributed by atoms with E-state index in [0.29, 0.717) is 17.4 Å². The molecule has 4 aromatic rings. The van der Waals surface area contributed by atoms with Crippen LogP contribution in [0.3, 0.4) is 0 Å². The molecule has 0 saturated heterocycles. The molecule has 4 aromatic carbocycles. The number of nitrogens with one attached hydrogen (secondary N) is 1. The number of allylic oxidation sites excluding steroid dienone is 2. The molecule has 0 bridgehead atoms. The van der Waals surface area contributed by atoms with Crippen LogP contribution in [0.25, 0.3) is 22.4 Å². The Bertz CT molecular complexity index is 1610. The first-order valence-corrected chi connectivity index (χ1v) is 14.7. The van der Waals surface area contributed by atoms with Gasteiger partial charge >= 0.3 is 5.97 Å². The molecule has 0 aromatic heterocycles. The van der Waals surface area contributed by atoms with Crippen LogP contribution < -0.4 is 5.32 Å². The number of rotatable bonds is 11. The molecule has 0 spiro atoms. The number of carboxylic acid groups (broad SMARTS) is 1. The minimum atomic E-state index is -0.906. The van der Waals surface area contributed by atoms with Crippen molar-refractivity contribution in [1.29, 1.82) is 0 Å². The van der Waals surface area contributed by atoms with E-state index in [4.69, 9.17) is 0 Å². The van der Waals surface area contributed by atoms with Crippen LogP contribution in [0.15, 0.2) is 103 Å². The van der Waals surface area contributed by atoms with Gasteiger partial charge in [0.05, 0.1) is 5.56 Å². The predicted molar refractivity (Wildman–Crippen MR) is 178 cm³/mol. The van der Waals surface area contributed by atoms with Crippen molar-refractivity contribution in [1.82, 2.24) is 5.32 Å². The van der Waals surface area contributed by atoms with Gasteiger partial charge in [-0.2, -0.15) is 0 Å². The molecule has 0 aliphatic rings. The topological polar surface area (TPSA) is 49.3 Å². The van der Waals surface area contributed by atoms with Crippen LogP contribution in [-0.4, -0.2) is 11.1 Å². The molecule has 2 atom stereocenters. The Hall–Kier alpha value is -4.37. The van der Waals surface area contributed by atoms with Gasteiger partial charge in [-0.25, -0.2) is 4.79 Å². The Morgan fingerprint density at radius 2 is 1.52 bits per heavy atom. The first-order valence-electron chi connectivity index (χ1n) is 14.7. The molecule has 42 heavy (non-hydrogen) atoms. The van der Waals surface area contributed by atoms with Crippen molar-refractivity contribution in [3.63, 3.8) is 0 Å². The van der Waals surface area contributed by atoms with Crippen molar-refractivity contribution in [3.05, 3.63) is 142 Å². The summed E-state index contributed by atoms with van der Waals surface area (Å²) in [6.07, 6.45) is 0.932. The molecule has 3 heteroatoms. The van der Waals surface area contributed by atoms with E-state index in [2.05, 4.69) is 108 Å². The Morgan fingerprint density at radius 1 is 0.857 bits per heavy atom. The highest BCUT2D eigenvalue weighted by molar-refractivity contribution is 5.96. The van der Waals surface area contributed by atoms with Gasteiger partial charge in [0.1, 0.15) is 0 Å². The highest BCUT2D eigenvalue weighted by Crippen LogP contribution is 2.35. The van der Waals surface area contributed by atoms with Gasteiger partial charge in [-0.3, -0.25) is 0 Å². The molecule has 2 unspecified atom stereocenters. The fraction of sp³-hybridized carbons (Fsp3) is 0.256. The zero-order chi connectivity index (χ0) is 30.4. The third-order valence-electron chi connectivity index (χ3n) is 8.63. The van der Waals surface area contributed by atoms with Crippen LogP contribution >= 0.6 is 0 Å². The molecule has 3 nitrogen and oxygen atoms in total. The number of hydrogen-bond donors (Lipinski definition) is 2. The van der Waals surface area contributed by atoms with Gasteiger partial charge < -0.3 is 10.4 Å². The lowest BCUT2D eigenvalue weighted by atomic mass is 9.80. The lowest BCUT2D eigenvalue weighted by Crippen LogP contribution is -2.14. The molecule has 0 saturated carbocycles. The molecule has 216 valence electrons. The van der Waals surface area contributed by atoms with Crippen molar-refractivity contribution in [2.75, 3.05) is 0 Å². The van der Waals surface area contributed by atoms with Gasteiger partial charge in [0.2, 0.25) is 0 Å². The minimum absolute atomic E-state index is 0.325. The van der Waals surface area contributed by atoms with Crippen LogP contribution in [0.5, 0.6) is 0 Å². The predicted octanol–water partition coefficient (Wildman–Crippen LogP) is 9.92. The second kappa shape index (κ2) is 13.5. The number of carboxylic acids is 1. The zero-order valence-corrected chi connectivity index (χ0v) is 25.8. The van der Waals surface area contributed by atoms with Crippen molar-refractivity contribution >= 4 is 17.2 Å². The summed E-state index contributed by atoms with van der Waals surface area (Å²) in [7, 11) is 0. The SMILES string of the molecule is C=C(NCc1ccccc1C)c1ccc(C(C)C(C)Cc2ccc(-c3ccccc3C(=O)O)cc2)c(C(C)=C(C)C)c1. The van der Waals surface area contributed by atoms with E-state index in [1.807, 2.05) is 24.3 Å². The molecular weight excluding hydrogens is 514 g/mol. The molecule has 0 aliphatic carbocycles. The lowest BCUT2D eigenvalue weighted by molar-refractivity contribution is 0.0697. The molecule has 0 aliphatic heterocycles. The summed E-state index contributed by atoms with van der Waals surface area (Å²) in [6, 6.07) is 30.7. The third kappa shape index (κ3) is 7.09. The van der Waals surface area contributed by atoms with Gasteiger partial charge in [-0.1, -0.05) is 105 Å². The molecule has 4 rings (SSSR count). The first-order chi connectivity index (χ1) is 20.1. The Morgan fingerprint density at radius 3 is 2.19 bits per heavy atom. The van der Waals surface area contributed by atoms with Crippen molar-refractivity contribution in [2.24, 2.45) is 5.92 Å². The van der Waals surface area contributed by atoms with Gasteiger partial charge in [-0.05, 0) is 108 Å². The number of hydrogen-bond acceptors (Lipinski definition) is 2. The highest BCUT2D eigenvalue weighted by atomic mass is 16.4. The average Bonchev–Trinajstić information content (AvgIpc) is 2.99. The van der Waals surface area contributed by atoms with Crippen molar-refractivity contribution < 1.29 is 9.90 Å². The van der Waals surface area contributed by atoms with E-state index in [0.717, 1.165) is 35.4 Å². The van der Waals surface area contributed by atoms with Gasteiger partial charge in [0.15, 0.2) is 0 Å². The number of benzene rings is 4. The number of carbonyl (C=O) groups is 1. The van der Waals surface area contributed by atoms with E-state index in [9.17, 15) is 9.90 Å². The van der Waals surface area contributed by atoms with E-state index in [1.165, 1.54) is 39.0 Å². The summed E-state index contributed by atoms with van der Waals surface area (Å²) in [6.45, 7) is 18.5. The van der Waals surface area contributed by atoms with Gasteiger partial charge in [-0.15, -0.1) is 0 Å². The lowest BCUT2D eigenvalue weighted by Gasteiger charge is -2.25. The van der Waals surface area contributed by atoms with E-state index in [1.54, 1.807) is 12.1 Å². The molecular formula is C39H43NO2. The van der Waals surface area contributed by atoms with Crippen LogP contribution in [-0.2, 0) is 13.0 Å². The fourth-order valence-corrected chi connectivity index (χ4v) is 5.44. The third-order valence-corrected chi connectivity index (χ3v) is 8.63. The van der Waals surface area contributed by atoms with E-state index < -0.39 is 5.97 Å². The maximum absolute atomic E-state index is 11.7. The van der Waals surface area contributed by atoms with Crippen molar-refractivity contribution in [3.8, 4) is 11.1 Å². The first kappa shape index (κ1) is 30.6. The Labute approximate surface area is 251 Å². The van der Waals surface area contributed by atoms with E-state index >= 15 is 0 Å². The normalized spacial score (nSPS) is 12.3. The highest BCUT2D eigenvalue weighted by Gasteiger charge is 2.20. The van der Waals surface area contributed by atoms with Crippen molar-refractivity contribution in [2.45, 2.75) is 60.4 Å². The minimum Gasteiger partial charge on any atom is -0.478 e.